The maximum Gasteiger partial charge on any atom is 0.125 e. The summed E-state index contributed by atoms with van der Waals surface area (Å²) in [6.45, 7) is 2.57. The molecule has 0 bridgehead atoms. The van der Waals surface area contributed by atoms with Gasteiger partial charge in [-0.1, -0.05) is 6.07 Å². The summed E-state index contributed by atoms with van der Waals surface area (Å²) in [5, 5.41) is 9.48. The molecule has 1 N–H and O–H groups in total. The average molecular weight is 239 g/mol. The summed E-state index contributed by atoms with van der Waals surface area (Å²) < 4.78 is 0. The third kappa shape index (κ3) is 1.80. The van der Waals surface area contributed by atoms with Gasteiger partial charge in [0.1, 0.15) is 5.82 Å². The van der Waals surface area contributed by atoms with Crippen LogP contribution in [0.4, 0.5) is 0 Å². The number of hydrogen-bond acceptors (Lipinski definition) is 4. The number of aliphatic imine (C=N–C) groups is 1. The van der Waals surface area contributed by atoms with Crippen molar-refractivity contribution in [2.75, 3.05) is 0 Å². The van der Waals surface area contributed by atoms with Crippen LogP contribution in [0.25, 0.3) is 11.1 Å². The Kier molecular flexibility index (Phi) is 2.64. The number of aromatic nitrogens is 2. The van der Waals surface area contributed by atoms with Crippen LogP contribution in [-0.2, 0) is 13.2 Å². The van der Waals surface area contributed by atoms with Crippen LogP contribution < -0.4 is 0 Å². The average Bonchev–Trinajstić information content (AvgIpc) is 2.85. The minimum Gasteiger partial charge on any atom is -0.392 e. The smallest absolute Gasteiger partial charge is 0.125 e. The highest BCUT2D eigenvalue weighted by Gasteiger charge is 2.13. The first kappa shape index (κ1) is 11.0. The molecule has 0 amide bonds. The number of aliphatic hydroxyl groups excluding tert-OH is 1. The molecule has 0 unspecified atom stereocenters. The van der Waals surface area contributed by atoms with Gasteiger partial charge in [-0.15, -0.1) is 0 Å². The molecule has 0 fully saturated rings. The summed E-state index contributed by atoms with van der Waals surface area (Å²) in [5.74, 6) is 0.743. The van der Waals surface area contributed by atoms with Crippen molar-refractivity contribution in [2.45, 2.75) is 20.1 Å². The third-order valence-electron chi connectivity index (χ3n) is 3.12. The molecular formula is C14H13N3O. The zero-order valence-electron chi connectivity index (χ0n) is 10.1. The molecule has 2 aromatic rings. The fourth-order valence-corrected chi connectivity index (χ4v) is 2.14. The molecule has 2 heterocycles. The first-order valence-corrected chi connectivity index (χ1v) is 5.83. The molecule has 90 valence electrons. The SMILES string of the molecule is Cc1ncc(-c2cc3c(cc2CO)CN=C3)cn1. The van der Waals surface area contributed by atoms with E-state index in [0.717, 1.165) is 33.6 Å². The van der Waals surface area contributed by atoms with Gasteiger partial charge in [-0.25, -0.2) is 9.97 Å². The molecule has 0 radical (unpaired) electrons. The van der Waals surface area contributed by atoms with Crippen LogP contribution in [0.15, 0.2) is 29.5 Å². The minimum absolute atomic E-state index is 0.0104. The topological polar surface area (TPSA) is 58.4 Å². The lowest BCUT2D eigenvalue weighted by Gasteiger charge is -2.10. The predicted octanol–water partition coefficient (Wildman–Crippen LogP) is 1.88. The Balaban J connectivity index is 2.15. The van der Waals surface area contributed by atoms with Crippen molar-refractivity contribution in [3.63, 3.8) is 0 Å². The van der Waals surface area contributed by atoms with Crippen molar-refractivity contribution in [1.82, 2.24) is 9.97 Å². The predicted molar refractivity (Wildman–Crippen MR) is 69.4 cm³/mol. The Morgan fingerprint density at radius 2 is 2.00 bits per heavy atom. The van der Waals surface area contributed by atoms with Crippen molar-refractivity contribution < 1.29 is 5.11 Å². The standard InChI is InChI=1S/C14H13N3O/c1-9-16-6-13(7-17-9)14-3-11-5-15-4-10(11)2-12(14)8-18/h2-3,5-7,18H,4,8H2,1H3. The van der Waals surface area contributed by atoms with Crippen LogP contribution in [0.2, 0.25) is 0 Å². The minimum atomic E-state index is 0.0104. The van der Waals surface area contributed by atoms with Gasteiger partial charge in [0.2, 0.25) is 0 Å². The van der Waals surface area contributed by atoms with Gasteiger partial charge in [0, 0.05) is 24.2 Å². The highest BCUT2D eigenvalue weighted by atomic mass is 16.3. The molecule has 0 spiro atoms. The second-order valence-corrected chi connectivity index (χ2v) is 4.36. The quantitative estimate of drug-likeness (QED) is 0.870. The fourth-order valence-electron chi connectivity index (χ4n) is 2.14. The van der Waals surface area contributed by atoms with E-state index in [-0.39, 0.29) is 6.61 Å². The summed E-state index contributed by atoms with van der Waals surface area (Å²) in [4.78, 5) is 12.6. The van der Waals surface area contributed by atoms with Gasteiger partial charge in [0.15, 0.2) is 0 Å². The van der Waals surface area contributed by atoms with Crippen LogP contribution >= 0.6 is 0 Å². The van der Waals surface area contributed by atoms with E-state index >= 15 is 0 Å². The number of rotatable bonds is 2. The summed E-state index contributed by atoms with van der Waals surface area (Å²) >= 11 is 0. The van der Waals surface area contributed by atoms with E-state index in [4.69, 9.17) is 0 Å². The molecule has 0 saturated carbocycles. The molecule has 0 atom stereocenters. The van der Waals surface area contributed by atoms with Gasteiger partial charge in [0.05, 0.1) is 13.2 Å². The number of hydrogen-bond donors (Lipinski definition) is 1. The van der Waals surface area contributed by atoms with Gasteiger partial charge in [0.25, 0.3) is 0 Å². The zero-order valence-corrected chi connectivity index (χ0v) is 10.1. The number of aryl methyl sites for hydroxylation is 1. The maximum absolute atomic E-state index is 9.48. The summed E-state index contributed by atoms with van der Waals surface area (Å²) in [5.41, 5.74) is 5.07. The molecule has 1 aliphatic rings. The second-order valence-electron chi connectivity index (χ2n) is 4.36. The van der Waals surface area contributed by atoms with Crippen LogP contribution in [0.5, 0.6) is 0 Å². The van der Waals surface area contributed by atoms with Gasteiger partial charge < -0.3 is 5.11 Å². The third-order valence-corrected chi connectivity index (χ3v) is 3.12. The van der Waals surface area contributed by atoms with E-state index in [1.807, 2.05) is 25.3 Å². The monoisotopic (exact) mass is 239 g/mol. The van der Waals surface area contributed by atoms with Gasteiger partial charge in [-0.3, -0.25) is 4.99 Å². The lowest BCUT2D eigenvalue weighted by Crippen LogP contribution is -1.96. The largest absolute Gasteiger partial charge is 0.392 e. The van der Waals surface area contributed by atoms with E-state index in [1.54, 1.807) is 12.4 Å². The second kappa shape index (κ2) is 4.31. The molecule has 3 rings (SSSR count). The van der Waals surface area contributed by atoms with Crippen LogP contribution in [0.1, 0.15) is 22.5 Å². The highest BCUT2D eigenvalue weighted by molar-refractivity contribution is 5.87. The van der Waals surface area contributed by atoms with Crippen LogP contribution in [0, 0.1) is 6.92 Å². The number of nitrogens with zero attached hydrogens (tertiary/aromatic N) is 3. The molecular weight excluding hydrogens is 226 g/mol. The first-order valence-electron chi connectivity index (χ1n) is 5.83. The normalized spacial score (nSPS) is 12.8. The number of fused-ring (bicyclic) bond motifs is 1. The summed E-state index contributed by atoms with van der Waals surface area (Å²) in [6.07, 6.45) is 5.44. The lowest BCUT2D eigenvalue weighted by molar-refractivity contribution is 0.282. The summed E-state index contributed by atoms with van der Waals surface area (Å²) in [7, 11) is 0. The van der Waals surface area contributed by atoms with E-state index in [0.29, 0.717) is 6.54 Å². The van der Waals surface area contributed by atoms with Gasteiger partial charge >= 0.3 is 0 Å². The van der Waals surface area contributed by atoms with E-state index in [2.05, 4.69) is 15.0 Å². The van der Waals surface area contributed by atoms with Crippen molar-refractivity contribution >= 4 is 6.21 Å². The van der Waals surface area contributed by atoms with Gasteiger partial charge in [-0.2, -0.15) is 0 Å². The fraction of sp³-hybridized carbons (Fsp3) is 0.214. The number of aliphatic hydroxyl groups is 1. The molecule has 0 aliphatic carbocycles. The molecule has 4 heteroatoms. The Hall–Kier alpha value is -2.07. The van der Waals surface area contributed by atoms with E-state index in [1.165, 1.54) is 0 Å². The molecule has 18 heavy (non-hydrogen) atoms. The molecule has 1 aliphatic heterocycles. The molecule has 4 nitrogen and oxygen atoms in total. The zero-order chi connectivity index (χ0) is 12.5. The lowest BCUT2D eigenvalue weighted by atomic mass is 9.96. The molecule has 0 saturated heterocycles. The first-order chi connectivity index (χ1) is 8.78. The Morgan fingerprint density at radius 3 is 2.72 bits per heavy atom. The molecule has 1 aromatic heterocycles. The van der Waals surface area contributed by atoms with E-state index in [9.17, 15) is 5.11 Å². The van der Waals surface area contributed by atoms with Crippen molar-refractivity contribution in [1.29, 1.82) is 0 Å². The van der Waals surface area contributed by atoms with E-state index < -0.39 is 0 Å². The summed E-state index contributed by atoms with van der Waals surface area (Å²) in [6, 6.07) is 4.06. The highest BCUT2D eigenvalue weighted by Crippen LogP contribution is 2.28. The van der Waals surface area contributed by atoms with Gasteiger partial charge in [-0.05, 0) is 35.2 Å². The Bertz CT molecular complexity index is 618. The maximum atomic E-state index is 9.48. The Morgan fingerprint density at radius 1 is 1.22 bits per heavy atom. The van der Waals surface area contributed by atoms with Crippen LogP contribution in [-0.4, -0.2) is 21.3 Å². The van der Waals surface area contributed by atoms with Crippen LogP contribution in [0.3, 0.4) is 0 Å². The molecule has 1 aromatic carbocycles. The van der Waals surface area contributed by atoms with Crippen molar-refractivity contribution in [3.05, 3.63) is 47.0 Å². The van der Waals surface area contributed by atoms with Crippen molar-refractivity contribution in [2.24, 2.45) is 4.99 Å². The Labute approximate surface area is 105 Å². The number of benzene rings is 1. The van der Waals surface area contributed by atoms with Crippen molar-refractivity contribution in [3.8, 4) is 11.1 Å².